The van der Waals surface area contributed by atoms with Gasteiger partial charge in [0.25, 0.3) is 5.91 Å². The van der Waals surface area contributed by atoms with Gasteiger partial charge < -0.3 is 10.3 Å². The molecule has 0 saturated heterocycles. The zero-order valence-electron chi connectivity index (χ0n) is 14.8. The fraction of sp³-hybridized carbons (Fsp3) is 0.286. The van der Waals surface area contributed by atoms with Crippen molar-refractivity contribution in [2.45, 2.75) is 39.7 Å². The summed E-state index contributed by atoms with van der Waals surface area (Å²) >= 11 is 1.65. The minimum Gasteiger partial charge on any atom is -0.366 e. The van der Waals surface area contributed by atoms with Crippen molar-refractivity contribution >= 4 is 17.2 Å². The maximum absolute atomic E-state index is 12.2. The smallest absolute Gasteiger partial charge is 0.251 e. The number of aromatic nitrogens is 1. The molecule has 1 amide bonds. The highest BCUT2D eigenvalue weighted by molar-refractivity contribution is 7.08. The summed E-state index contributed by atoms with van der Waals surface area (Å²) in [6.07, 6.45) is 3.15. The quantitative estimate of drug-likeness (QED) is 0.638. The lowest BCUT2D eigenvalue weighted by Crippen LogP contribution is -2.13. The highest BCUT2D eigenvalue weighted by Crippen LogP contribution is 2.35. The van der Waals surface area contributed by atoms with E-state index in [0.29, 0.717) is 5.56 Å². The molecule has 3 aromatic rings. The number of nitrogens with zero attached hydrogens (tertiary/aromatic N) is 1. The van der Waals surface area contributed by atoms with Crippen LogP contribution in [0.25, 0.3) is 11.1 Å². The van der Waals surface area contributed by atoms with Gasteiger partial charge in [-0.25, -0.2) is 0 Å². The first-order chi connectivity index (χ1) is 12.1. The van der Waals surface area contributed by atoms with Crippen LogP contribution in [-0.2, 0) is 13.0 Å². The number of primary amides is 1. The van der Waals surface area contributed by atoms with E-state index in [1.165, 1.54) is 11.3 Å². The van der Waals surface area contributed by atoms with Crippen molar-refractivity contribution in [3.63, 3.8) is 0 Å². The van der Waals surface area contributed by atoms with E-state index in [0.717, 1.165) is 42.6 Å². The van der Waals surface area contributed by atoms with Gasteiger partial charge in [0.2, 0.25) is 0 Å². The van der Waals surface area contributed by atoms with Crippen molar-refractivity contribution in [1.82, 2.24) is 4.57 Å². The van der Waals surface area contributed by atoms with Gasteiger partial charge in [-0.1, -0.05) is 43.7 Å². The van der Waals surface area contributed by atoms with Gasteiger partial charge in [-0.15, -0.1) is 0 Å². The Morgan fingerprint density at radius 1 is 1.20 bits per heavy atom. The van der Waals surface area contributed by atoms with Gasteiger partial charge in [-0.2, -0.15) is 11.3 Å². The van der Waals surface area contributed by atoms with E-state index in [-0.39, 0.29) is 5.91 Å². The minimum absolute atomic E-state index is 0.344. The van der Waals surface area contributed by atoms with Crippen LogP contribution in [0.4, 0.5) is 0 Å². The van der Waals surface area contributed by atoms with Crippen molar-refractivity contribution in [2.75, 3.05) is 0 Å². The third-order valence-corrected chi connectivity index (χ3v) is 5.32. The highest BCUT2D eigenvalue weighted by Gasteiger charge is 2.24. The Morgan fingerprint density at radius 2 is 1.96 bits per heavy atom. The van der Waals surface area contributed by atoms with Crippen molar-refractivity contribution in [3.05, 3.63) is 69.7 Å². The third-order valence-electron chi connectivity index (χ3n) is 4.64. The standard InChI is InChI=1S/C21H24N2OS/c1-3-4-10-18-20(17-11-12-25-14-17)19(21(22)24)15(2)23(18)13-16-8-6-5-7-9-16/h5-9,11-12,14H,3-4,10,13H2,1-2H3,(H2,22,24). The molecular formula is C21H24N2OS. The molecule has 2 N–H and O–H groups in total. The SMILES string of the molecule is CCCCc1c(-c2ccsc2)c(C(N)=O)c(C)n1Cc1ccccc1. The summed E-state index contributed by atoms with van der Waals surface area (Å²) in [7, 11) is 0. The number of hydrogen-bond donors (Lipinski definition) is 1. The van der Waals surface area contributed by atoms with Crippen molar-refractivity contribution < 1.29 is 4.79 Å². The molecule has 1 aromatic carbocycles. The van der Waals surface area contributed by atoms with Crippen LogP contribution in [0, 0.1) is 6.92 Å². The number of carbonyl (C=O) groups excluding carboxylic acids is 1. The molecule has 0 unspecified atom stereocenters. The lowest BCUT2D eigenvalue weighted by atomic mass is 10.00. The van der Waals surface area contributed by atoms with E-state index in [4.69, 9.17) is 5.73 Å². The first-order valence-corrected chi connectivity index (χ1v) is 9.66. The molecule has 0 fully saturated rings. The Morgan fingerprint density at radius 3 is 2.56 bits per heavy atom. The Balaban J connectivity index is 2.18. The molecule has 0 spiro atoms. The molecule has 3 nitrogen and oxygen atoms in total. The van der Waals surface area contributed by atoms with E-state index in [1.807, 2.05) is 18.4 Å². The Bertz CT molecular complexity index is 848. The number of amides is 1. The molecule has 3 rings (SSSR count). The fourth-order valence-electron chi connectivity index (χ4n) is 3.40. The second-order valence-corrected chi connectivity index (χ2v) is 7.11. The summed E-state index contributed by atoms with van der Waals surface area (Å²) in [5.41, 5.74) is 12.0. The van der Waals surface area contributed by atoms with Crippen molar-refractivity contribution in [2.24, 2.45) is 5.73 Å². The van der Waals surface area contributed by atoms with E-state index in [9.17, 15) is 4.79 Å². The zero-order chi connectivity index (χ0) is 17.8. The molecule has 130 valence electrons. The van der Waals surface area contributed by atoms with Crippen molar-refractivity contribution in [3.8, 4) is 11.1 Å². The van der Waals surface area contributed by atoms with Crippen LogP contribution in [0.3, 0.4) is 0 Å². The predicted molar refractivity (Wildman–Crippen MR) is 105 cm³/mol. The first kappa shape index (κ1) is 17.5. The topological polar surface area (TPSA) is 48.0 Å². The van der Waals surface area contributed by atoms with Crippen LogP contribution in [0.15, 0.2) is 47.2 Å². The lowest BCUT2D eigenvalue weighted by Gasteiger charge is -2.13. The number of carbonyl (C=O) groups is 1. The molecule has 2 aromatic heterocycles. The van der Waals surface area contributed by atoms with Gasteiger partial charge in [0.05, 0.1) is 5.56 Å². The molecule has 0 atom stereocenters. The Labute approximate surface area is 153 Å². The average molecular weight is 353 g/mol. The van der Waals surface area contributed by atoms with Gasteiger partial charge >= 0.3 is 0 Å². The van der Waals surface area contributed by atoms with E-state index in [2.05, 4.69) is 47.2 Å². The van der Waals surface area contributed by atoms with Crippen LogP contribution in [0.2, 0.25) is 0 Å². The normalized spacial score (nSPS) is 11.0. The van der Waals surface area contributed by atoms with E-state index in [1.54, 1.807) is 11.3 Å². The van der Waals surface area contributed by atoms with Crippen LogP contribution in [0.1, 0.15) is 47.1 Å². The number of rotatable bonds is 7. The van der Waals surface area contributed by atoms with E-state index < -0.39 is 0 Å². The number of hydrogen-bond acceptors (Lipinski definition) is 2. The molecule has 25 heavy (non-hydrogen) atoms. The molecule has 0 aliphatic rings. The largest absolute Gasteiger partial charge is 0.366 e. The second-order valence-electron chi connectivity index (χ2n) is 6.33. The summed E-state index contributed by atoms with van der Waals surface area (Å²) in [6, 6.07) is 12.4. The van der Waals surface area contributed by atoms with Gasteiger partial charge in [-0.3, -0.25) is 4.79 Å². The maximum Gasteiger partial charge on any atom is 0.251 e. The summed E-state index contributed by atoms with van der Waals surface area (Å²) in [5.74, 6) is -0.344. The molecule has 0 bridgehead atoms. The number of unbranched alkanes of at least 4 members (excludes halogenated alkanes) is 1. The number of nitrogens with two attached hydrogens (primary N) is 1. The summed E-state index contributed by atoms with van der Waals surface area (Å²) in [4.78, 5) is 12.2. The first-order valence-electron chi connectivity index (χ1n) is 8.71. The fourth-order valence-corrected chi connectivity index (χ4v) is 4.05. The summed E-state index contributed by atoms with van der Waals surface area (Å²) in [5, 5.41) is 4.15. The zero-order valence-corrected chi connectivity index (χ0v) is 15.6. The third kappa shape index (κ3) is 3.54. The molecular weight excluding hydrogens is 328 g/mol. The Kier molecular flexibility index (Phi) is 5.39. The van der Waals surface area contributed by atoms with Crippen LogP contribution >= 0.6 is 11.3 Å². The maximum atomic E-state index is 12.2. The van der Waals surface area contributed by atoms with Gasteiger partial charge in [-0.05, 0) is 47.7 Å². The second kappa shape index (κ2) is 7.70. The lowest BCUT2D eigenvalue weighted by molar-refractivity contribution is 0.1000. The van der Waals surface area contributed by atoms with Crippen LogP contribution < -0.4 is 5.73 Å². The summed E-state index contributed by atoms with van der Waals surface area (Å²) < 4.78 is 2.28. The number of thiophene rings is 1. The van der Waals surface area contributed by atoms with Gasteiger partial charge in [0, 0.05) is 23.5 Å². The van der Waals surface area contributed by atoms with Gasteiger partial charge in [0.1, 0.15) is 0 Å². The molecule has 0 aliphatic heterocycles. The van der Waals surface area contributed by atoms with Crippen LogP contribution in [0.5, 0.6) is 0 Å². The van der Waals surface area contributed by atoms with Gasteiger partial charge in [0.15, 0.2) is 0 Å². The minimum atomic E-state index is -0.344. The molecule has 0 aliphatic carbocycles. The number of benzene rings is 1. The molecule has 2 heterocycles. The van der Waals surface area contributed by atoms with E-state index >= 15 is 0 Å². The average Bonchev–Trinajstić information content (AvgIpc) is 3.21. The molecule has 0 saturated carbocycles. The Hall–Kier alpha value is -2.33. The predicted octanol–water partition coefficient (Wildman–Crippen LogP) is 5.01. The summed E-state index contributed by atoms with van der Waals surface area (Å²) in [6.45, 7) is 4.96. The van der Waals surface area contributed by atoms with Crippen molar-refractivity contribution in [1.29, 1.82) is 0 Å². The molecule has 4 heteroatoms. The monoisotopic (exact) mass is 352 g/mol. The van der Waals surface area contributed by atoms with Crippen LogP contribution in [-0.4, -0.2) is 10.5 Å². The molecule has 0 radical (unpaired) electrons. The highest BCUT2D eigenvalue weighted by atomic mass is 32.1.